The molecule has 0 aliphatic rings. The van der Waals surface area contributed by atoms with E-state index in [-0.39, 0.29) is 24.2 Å². The normalized spacial score (nSPS) is 10.6. The molecular weight excluding hydrogens is 351 g/mol. The molecule has 100 valence electrons. The Morgan fingerprint density at radius 3 is 2.61 bits per heavy atom. The first kappa shape index (κ1) is 14.9. The van der Waals surface area contributed by atoms with Crippen LogP contribution in [0.5, 0.6) is 0 Å². The van der Waals surface area contributed by atoms with Gasteiger partial charge in [-0.1, -0.05) is 0 Å². The number of unbranched alkanes of at least 4 members (excludes halogenated alkanes) is 1. The van der Waals surface area contributed by atoms with Crippen LogP contribution in [0.4, 0.5) is 0 Å². The molecule has 1 aromatic rings. The fraction of sp³-hybridized carbons (Fsp3) is 0.545. The minimum Gasteiger partial charge on any atom is -0.481 e. The van der Waals surface area contributed by atoms with Gasteiger partial charge in [0.15, 0.2) is 0 Å². The molecule has 0 saturated carbocycles. The predicted octanol–water partition coefficient (Wildman–Crippen LogP) is 0.889. The minimum atomic E-state index is -0.865. The second-order valence-corrected chi connectivity index (χ2v) is 5.02. The van der Waals surface area contributed by atoms with Gasteiger partial charge in [-0.05, 0) is 42.4 Å². The lowest BCUT2D eigenvalue weighted by atomic mass is 10.2. The summed E-state index contributed by atoms with van der Waals surface area (Å²) in [6, 6.07) is 0. The molecular formula is C11H15IN2O4. The van der Waals surface area contributed by atoms with E-state index in [1.807, 2.05) is 29.5 Å². The van der Waals surface area contributed by atoms with Crippen molar-refractivity contribution in [3.05, 3.63) is 30.6 Å². The summed E-state index contributed by atoms with van der Waals surface area (Å²) in [6.07, 6.45) is 2.56. The molecule has 0 aliphatic heterocycles. The lowest BCUT2D eigenvalue weighted by Crippen LogP contribution is -2.40. The van der Waals surface area contributed by atoms with Gasteiger partial charge in [0, 0.05) is 25.7 Å². The van der Waals surface area contributed by atoms with E-state index in [1.165, 1.54) is 9.13 Å². The highest BCUT2D eigenvalue weighted by Gasteiger charge is 2.08. The monoisotopic (exact) mass is 366 g/mol. The van der Waals surface area contributed by atoms with Crippen LogP contribution >= 0.6 is 22.6 Å². The first-order valence-corrected chi connectivity index (χ1v) is 6.76. The fourth-order valence-corrected chi connectivity index (χ4v) is 2.22. The van der Waals surface area contributed by atoms with Gasteiger partial charge < -0.3 is 5.11 Å². The molecule has 1 aromatic heterocycles. The van der Waals surface area contributed by atoms with E-state index in [1.54, 1.807) is 6.20 Å². The van der Waals surface area contributed by atoms with Gasteiger partial charge >= 0.3 is 11.7 Å². The van der Waals surface area contributed by atoms with E-state index in [9.17, 15) is 14.4 Å². The Morgan fingerprint density at radius 2 is 2.06 bits per heavy atom. The highest BCUT2D eigenvalue weighted by Crippen LogP contribution is 1.98. The van der Waals surface area contributed by atoms with Gasteiger partial charge in [-0.2, -0.15) is 0 Å². The van der Waals surface area contributed by atoms with Crippen LogP contribution in [0.3, 0.4) is 0 Å². The van der Waals surface area contributed by atoms with Crippen molar-refractivity contribution >= 4 is 28.6 Å². The summed E-state index contributed by atoms with van der Waals surface area (Å²) in [5.41, 5.74) is -0.640. The average molecular weight is 366 g/mol. The van der Waals surface area contributed by atoms with Crippen molar-refractivity contribution < 1.29 is 9.90 Å². The van der Waals surface area contributed by atoms with E-state index < -0.39 is 5.97 Å². The third-order valence-corrected chi connectivity index (χ3v) is 3.30. The van der Waals surface area contributed by atoms with Crippen LogP contribution in [0.1, 0.15) is 26.2 Å². The van der Waals surface area contributed by atoms with Crippen molar-refractivity contribution in [2.75, 3.05) is 0 Å². The van der Waals surface area contributed by atoms with Crippen LogP contribution in [-0.4, -0.2) is 20.2 Å². The van der Waals surface area contributed by atoms with Crippen molar-refractivity contribution in [1.82, 2.24) is 9.13 Å². The highest BCUT2D eigenvalue weighted by molar-refractivity contribution is 14.1. The van der Waals surface area contributed by atoms with Crippen LogP contribution in [0.2, 0.25) is 0 Å². The third-order valence-electron chi connectivity index (χ3n) is 2.56. The Balaban J connectivity index is 2.88. The summed E-state index contributed by atoms with van der Waals surface area (Å²) in [5, 5.41) is 8.51. The summed E-state index contributed by atoms with van der Waals surface area (Å²) < 4.78 is 3.14. The molecule has 0 fully saturated rings. The zero-order valence-electron chi connectivity index (χ0n) is 10.1. The first-order valence-electron chi connectivity index (χ1n) is 5.69. The van der Waals surface area contributed by atoms with E-state index in [4.69, 9.17) is 5.11 Å². The fourth-order valence-electron chi connectivity index (χ4n) is 1.59. The Morgan fingerprint density at radius 1 is 1.39 bits per heavy atom. The van der Waals surface area contributed by atoms with E-state index in [2.05, 4.69) is 0 Å². The predicted molar refractivity (Wildman–Crippen MR) is 74.8 cm³/mol. The lowest BCUT2D eigenvalue weighted by molar-refractivity contribution is -0.137. The highest BCUT2D eigenvalue weighted by atomic mass is 127. The van der Waals surface area contributed by atoms with Crippen molar-refractivity contribution in [3.63, 3.8) is 0 Å². The molecule has 0 aliphatic carbocycles. The first-order chi connectivity index (χ1) is 8.47. The summed E-state index contributed by atoms with van der Waals surface area (Å²) in [5.74, 6) is -0.865. The molecule has 0 saturated heterocycles. The van der Waals surface area contributed by atoms with Crippen molar-refractivity contribution in [1.29, 1.82) is 0 Å². The van der Waals surface area contributed by atoms with Crippen molar-refractivity contribution in [2.24, 2.45) is 0 Å². The maximum atomic E-state index is 11.9. The Kier molecular flexibility index (Phi) is 5.57. The molecule has 18 heavy (non-hydrogen) atoms. The number of hydrogen-bond acceptors (Lipinski definition) is 3. The molecule has 0 radical (unpaired) electrons. The summed E-state index contributed by atoms with van der Waals surface area (Å²) in [4.78, 5) is 34.1. The number of carbonyl (C=O) groups is 1. The Hall–Kier alpha value is -1.12. The van der Waals surface area contributed by atoms with Crippen LogP contribution in [0.15, 0.2) is 15.8 Å². The van der Waals surface area contributed by atoms with E-state index >= 15 is 0 Å². The standard InChI is InChI=1S/C11H15IN2O4/c1-2-13-7-8(12)10(17)14(11(13)18)6-4-3-5-9(15)16/h7H,2-6H2,1H3,(H,15,16). The maximum absolute atomic E-state index is 11.9. The number of halogens is 1. The molecule has 6 nitrogen and oxygen atoms in total. The second kappa shape index (κ2) is 6.72. The zero-order chi connectivity index (χ0) is 13.7. The molecule has 0 spiro atoms. The van der Waals surface area contributed by atoms with Gasteiger partial charge in [-0.3, -0.25) is 18.7 Å². The third kappa shape index (κ3) is 3.69. The van der Waals surface area contributed by atoms with Crippen molar-refractivity contribution in [2.45, 2.75) is 39.3 Å². The lowest BCUT2D eigenvalue weighted by Gasteiger charge is -2.09. The van der Waals surface area contributed by atoms with Crippen LogP contribution in [-0.2, 0) is 17.9 Å². The van der Waals surface area contributed by atoms with Gasteiger partial charge in [-0.15, -0.1) is 0 Å². The average Bonchev–Trinajstić information content (AvgIpc) is 2.32. The number of aromatic nitrogens is 2. The number of carboxylic acid groups (broad SMARTS) is 1. The number of nitrogens with zero attached hydrogens (tertiary/aromatic N) is 2. The van der Waals surface area contributed by atoms with Gasteiger partial charge in [0.05, 0.1) is 3.57 Å². The van der Waals surface area contributed by atoms with Crippen molar-refractivity contribution in [3.8, 4) is 0 Å². The van der Waals surface area contributed by atoms with Crippen LogP contribution < -0.4 is 11.2 Å². The molecule has 1 heterocycles. The number of aryl methyl sites for hydroxylation is 1. The quantitative estimate of drug-likeness (QED) is 0.599. The smallest absolute Gasteiger partial charge is 0.331 e. The number of hydrogen-bond donors (Lipinski definition) is 1. The van der Waals surface area contributed by atoms with Gasteiger partial charge in [0.2, 0.25) is 0 Å². The zero-order valence-corrected chi connectivity index (χ0v) is 12.2. The SMILES string of the molecule is CCn1cc(I)c(=O)n(CCCCC(=O)O)c1=O. The molecule has 0 atom stereocenters. The molecule has 0 amide bonds. The summed E-state index contributed by atoms with van der Waals surface area (Å²) in [6.45, 7) is 2.60. The summed E-state index contributed by atoms with van der Waals surface area (Å²) >= 11 is 1.90. The van der Waals surface area contributed by atoms with Gasteiger partial charge in [0.1, 0.15) is 0 Å². The molecule has 1 rings (SSSR count). The Labute approximate surface area is 117 Å². The largest absolute Gasteiger partial charge is 0.481 e. The molecule has 1 N–H and O–H groups in total. The van der Waals surface area contributed by atoms with Crippen LogP contribution in [0.25, 0.3) is 0 Å². The maximum Gasteiger partial charge on any atom is 0.331 e. The molecule has 0 aromatic carbocycles. The van der Waals surface area contributed by atoms with E-state index in [0.29, 0.717) is 23.0 Å². The van der Waals surface area contributed by atoms with Gasteiger partial charge in [-0.25, -0.2) is 4.79 Å². The molecule has 0 bridgehead atoms. The minimum absolute atomic E-state index is 0.0562. The van der Waals surface area contributed by atoms with Crippen LogP contribution in [0, 0.1) is 3.57 Å². The number of rotatable bonds is 6. The second-order valence-electron chi connectivity index (χ2n) is 3.85. The molecule has 7 heteroatoms. The number of carboxylic acids is 1. The molecule has 0 unspecified atom stereocenters. The van der Waals surface area contributed by atoms with E-state index in [0.717, 1.165) is 0 Å². The Bertz CT molecular complexity index is 547. The topological polar surface area (TPSA) is 81.3 Å². The summed E-state index contributed by atoms with van der Waals surface area (Å²) in [7, 11) is 0. The number of aliphatic carboxylic acids is 1. The van der Waals surface area contributed by atoms with Gasteiger partial charge in [0.25, 0.3) is 5.56 Å².